The van der Waals surface area contributed by atoms with Gasteiger partial charge in [-0.2, -0.15) is 13.2 Å². The van der Waals surface area contributed by atoms with E-state index >= 15 is 0 Å². The molecule has 4 aromatic rings. The number of ether oxygens (including phenoxy) is 3. The molecule has 0 aromatic heterocycles. The highest BCUT2D eigenvalue weighted by Gasteiger charge is 2.55. The van der Waals surface area contributed by atoms with Gasteiger partial charge in [0.25, 0.3) is 17.7 Å². The number of sulfonamides is 1. The average Bonchev–Trinajstić information content (AvgIpc) is 3.97. The first kappa shape index (κ1) is 46.6. The molecule has 20 heteroatoms. The molecule has 4 aromatic carbocycles. The van der Waals surface area contributed by atoms with Crippen LogP contribution in [0.5, 0.6) is 23.0 Å². The molecule has 4 heterocycles. The summed E-state index contributed by atoms with van der Waals surface area (Å²) in [5, 5.41) is 23.3. The number of alkyl halides is 3. The van der Waals surface area contributed by atoms with Crippen LogP contribution in [0.15, 0.2) is 91.0 Å². The Bertz CT molecular complexity index is 2710. The molecular formula is C47H45F3N4O12S. The van der Waals surface area contributed by atoms with Gasteiger partial charge in [-0.05, 0) is 109 Å². The van der Waals surface area contributed by atoms with Crippen LogP contribution in [0.1, 0.15) is 76.8 Å². The van der Waals surface area contributed by atoms with Crippen molar-refractivity contribution in [1.29, 1.82) is 0 Å². The lowest BCUT2D eigenvalue weighted by Gasteiger charge is -2.32. The summed E-state index contributed by atoms with van der Waals surface area (Å²) in [5.41, 5.74) is 2.05. The van der Waals surface area contributed by atoms with E-state index in [1.54, 1.807) is 24.3 Å². The third-order valence-electron chi connectivity index (χ3n) is 11.9. The zero-order chi connectivity index (χ0) is 47.6. The predicted octanol–water partition coefficient (Wildman–Crippen LogP) is 5.48. The minimum Gasteiger partial charge on any atom is -0.508 e. The molecule has 0 saturated carbocycles. The van der Waals surface area contributed by atoms with E-state index < -0.39 is 82.4 Å². The number of fused-ring (bicyclic) bond motifs is 3. The van der Waals surface area contributed by atoms with E-state index in [2.05, 4.69) is 10.6 Å². The van der Waals surface area contributed by atoms with Crippen LogP contribution in [0.3, 0.4) is 0 Å². The van der Waals surface area contributed by atoms with Gasteiger partial charge in [0.05, 0.1) is 29.5 Å². The van der Waals surface area contributed by atoms with Crippen LogP contribution < -0.4 is 24.4 Å². The van der Waals surface area contributed by atoms with Crippen molar-refractivity contribution in [3.63, 3.8) is 0 Å². The van der Waals surface area contributed by atoms with Gasteiger partial charge in [0.15, 0.2) is 6.61 Å². The molecule has 0 radical (unpaired) electrons. The van der Waals surface area contributed by atoms with E-state index in [0.29, 0.717) is 64.6 Å². The first-order valence-corrected chi connectivity index (χ1v) is 23.0. The van der Waals surface area contributed by atoms with Crippen LogP contribution in [0.2, 0.25) is 0 Å². The summed E-state index contributed by atoms with van der Waals surface area (Å²) >= 11 is 0. The van der Waals surface area contributed by atoms with Gasteiger partial charge in [0, 0.05) is 13.0 Å². The zero-order valence-electron chi connectivity index (χ0n) is 35.7. The maximum Gasteiger partial charge on any atom is 0.407 e. The molecule has 3 unspecified atom stereocenters. The number of carbonyl (C=O) groups excluding carboxylic acids is 5. The molecule has 67 heavy (non-hydrogen) atoms. The standard InChI is InChI=1S/C47H45F3N4O12S/c48-47(49,50)26-53(67(62,63)37-24-36-40(27-8-14-30(55)15-9-27)41(43(37)66-36)28-10-16-31(56)17-11-28)29-12-18-32(19-13-29)64-23-4-2-1-3-22-51-39(58)25-65-35-7-5-6-33-42(35)46(61)54(45(33)60)34-20-21-38(57)52-44(34)59/h5-19,34,36-37,43,55-56H,1-4,20-26H2,(H,51,58)(H,52,57,59)/t34?,36?,37?,43-/m1/s1. The Morgan fingerprint density at radius 1 is 0.836 bits per heavy atom. The summed E-state index contributed by atoms with van der Waals surface area (Å²) in [6.07, 6.45) is -4.30. The van der Waals surface area contributed by atoms with Crippen molar-refractivity contribution >= 4 is 56.4 Å². The van der Waals surface area contributed by atoms with Gasteiger partial charge in [-0.15, -0.1) is 0 Å². The number of piperidine rings is 1. The topological polar surface area (TPSA) is 218 Å². The van der Waals surface area contributed by atoms with Gasteiger partial charge in [-0.1, -0.05) is 43.2 Å². The summed E-state index contributed by atoms with van der Waals surface area (Å²) in [7, 11) is -4.71. The number of phenols is 2. The largest absolute Gasteiger partial charge is 0.508 e. The quantitative estimate of drug-likeness (QED) is 0.0720. The number of anilines is 1. The summed E-state index contributed by atoms with van der Waals surface area (Å²) in [4.78, 5) is 63.6. The van der Waals surface area contributed by atoms with Crippen molar-refractivity contribution in [3.8, 4) is 23.0 Å². The SMILES string of the molecule is O=C(COc1cccc2c1C(=O)N(C1CCC(=O)NC1=O)C2=O)NCCCCCCOc1ccc(N(CC(F)(F)F)S(=O)(=O)C2CC3O[C@H]2C(c2ccc(O)cc2)=C3c2ccc(O)cc2)cc1. The number of halogens is 3. The van der Waals surface area contributed by atoms with Crippen molar-refractivity contribution in [1.82, 2.24) is 15.5 Å². The number of nitrogens with one attached hydrogen (secondary N) is 2. The number of rotatable bonds is 18. The van der Waals surface area contributed by atoms with Gasteiger partial charge >= 0.3 is 6.18 Å². The van der Waals surface area contributed by atoms with Crippen molar-refractivity contribution < 1.29 is 70.0 Å². The number of benzene rings is 4. The normalized spacial score (nSPS) is 20.3. The average molecular weight is 947 g/mol. The van der Waals surface area contributed by atoms with E-state index in [0.717, 1.165) is 4.90 Å². The number of amides is 5. The van der Waals surface area contributed by atoms with Crippen LogP contribution >= 0.6 is 0 Å². The van der Waals surface area contributed by atoms with Crippen molar-refractivity contribution in [2.24, 2.45) is 0 Å². The molecule has 4 N–H and O–H groups in total. The maximum atomic E-state index is 14.3. The Morgan fingerprint density at radius 2 is 1.49 bits per heavy atom. The number of hydrogen-bond acceptors (Lipinski definition) is 12. The Hall–Kier alpha value is -6.93. The number of carbonyl (C=O) groups is 5. The summed E-state index contributed by atoms with van der Waals surface area (Å²) in [6, 6.07) is 20.8. The number of nitrogens with zero attached hydrogens (tertiary/aromatic N) is 2. The molecular weight excluding hydrogens is 902 g/mol. The first-order chi connectivity index (χ1) is 32.0. The molecule has 4 atom stereocenters. The van der Waals surface area contributed by atoms with E-state index in [1.807, 2.05) is 0 Å². The number of aromatic hydroxyl groups is 2. The minimum absolute atomic E-state index is 0.00204. The number of phenolic OH excluding ortho intramolecular Hbond substituents is 2. The highest BCUT2D eigenvalue weighted by Crippen LogP contribution is 2.51. The van der Waals surface area contributed by atoms with Crippen LogP contribution in [0, 0.1) is 0 Å². The Morgan fingerprint density at radius 3 is 2.15 bits per heavy atom. The van der Waals surface area contributed by atoms with Gasteiger partial charge < -0.3 is 29.7 Å². The smallest absolute Gasteiger partial charge is 0.407 e. The lowest BCUT2D eigenvalue weighted by molar-refractivity contribution is -0.136. The third kappa shape index (κ3) is 9.95. The fraction of sp³-hybridized carbons (Fsp3) is 0.340. The lowest BCUT2D eigenvalue weighted by Crippen LogP contribution is -2.54. The summed E-state index contributed by atoms with van der Waals surface area (Å²) < 4.78 is 88.9. The summed E-state index contributed by atoms with van der Waals surface area (Å²) in [5.74, 6) is -2.85. The van der Waals surface area contributed by atoms with Gasteiger partial charge in [0.2, 0.25) is 21.8 Å². The third-order valence-corrected chi connectivity index (χ3v) is 14.1. The molecule has 4 aliphatic heterocycles. The fourth-order valence-corrected chi connectivity index (χ4v) is 10.8. The van der Waals surface area contributed by atoms with E-state index in [-0.39, 0.29) is 59.9 Å². The number of hydrogen-bond donors (Lipinski definition) is 4. The maximum absolute atomic E-state index is 14.3. The highest BCUT2D eigenvalue weighted by atomic mass is 32.2. The van der Waals surface area contributed by atoms with Crippen LogP contribution in [0.4, 0.5) is 18.9 Å². The molecule has 2 saturated heterocycles. The molecule has 0 aliphatic carbocycles. The Balaban J connectivity index is 0.807. The molecule has 8 rings (SSSR count). The number of unbranched alkanes of at least 4 members (excludes halogenated alkanes) is 3. The van der Waals surface area contributed by atoms with E-state index in [9.17, 15) is 55.8 Å². The molecule has 2 bridgehead atoms. The summed E-state index contributed by atoms with van der Waals surface area (Å²) in [6.45, 7) is -1.64. The van der Waals surface area contributed by atoms with E-state index in [4.69, 9.17) is 14.2 Å². The van der Waals surface area contributed by atoms with Crippen molar-refractivity contribution in [2.75, 3.05) is 30.6 Å². The molecule has 2 fully saturated rings. The Labute approximate surface area is 382 Å². The predicted molar refractivity (Wildman–Crippen MR) is 234 cm³/mol. The van der Waals surface area contributed by atoms with Gasteiger partial charge in [0.1, 0.15) is 46.9 Å². The molecule has 16 nitrogen and oxygen atoms in total. The number of imide groups is 2. The van der Waals surface area contributed by atoms with Crippen LogP contribution in [-0.2, 0) is 29.1 Å². The molecule has 0 spiro atoms. The molecule has 5 amide bonds. The monoisotopic (exact) mass is 946 g/mol. The second-order valence-corrected chi connectivity index (χ2v) is 18.5. The zero-order valence-corrected chi connectivity index (χ0v) is 36.5. The lowest BCUT2D eigenvalue weighted by atomic mass is 9.83. The second kappa shape index (κ2) is 19.1. The van der Waals surface area contributed by atoms with Crippen molar-refractivity contribution in [2.45, 2.75) is 74.6 Å². The van der Waals surface area contributed by atoms with Gasteiger partial charge in [-0.25, -0.2) is 8.42 Å². The van der Waals surface area contributed by atoms with E-state index in [1.165, 1.54) is 66.7 Å². The Kier molecular flexibility index (Phi) is 13.3. The van der Waals surface area contributed by atoms with Crippen LogP contribution in [-0.4, -0.2) is 109 Å². The fourth-order valence-electron chi connectivity index (χ4n) is 8.80. The van der Waals surface area contributed by atoms with Crippen LogP contribution in [0.25, 0.3) is 11.1 Å². The van der Waals surface area contributed by atoms with Crippen molar-refractivity contribution in [3.05, 3.63) is 113 Å². The molecule has 352 valence electrons. The second-order valence-electron chi connectivity index (χ2n) is 16.4. The minimum atomic E-state index is -4.89. The molecule has 4 aliphatic rings. The van der Waals surface area contributed by atoms with Gasteiger partial charge in [-0.3, -0.25) is 38.5 Å². The highest BCUT2D eigenvalue weighted by molar-refractivity contribution is 7.93. The first-order valence-electron chi connectivity index (χ1n) is 21.5.